The number of benzene rings is 1. The molecule has 1 aliphatic heterocycles. The van der Waals surface area contributed by atoms with Gasteiger partial charge in [-0.2, -0.15) is 0 Å². The van der Waals surface area contributed by atoms with Crippen molar-refractivity contribution >= 4 is 46.2 Å². The van der Waals surface area contributed by atoms with Gasteiger partial charge in [0, 0.05) is 13.0 Å². The Hall–Kier alpha value is -1.66. The van der Waals surface area contributed by atoms with Gasteiger partial charge in [0.2, 0.25) is 5.91 Å². The molecule has 20 heavy (non-hydrogen) atoms. The van der Waals surface area contributed by atoms with E-state index in [-0.39, 0.29) is 17.6 Å². The molecule has 2 rings (SSSR count). The van der Waals surface area contributed by atoms with Crippen molar-refractivity contribution in [3.05, 3.63) is 40.8 Å². The van der Waals surface area contributed by atoms with Gasteiger partial charge in [0.15, 0.2) is 0 Å². The zero-order valence-corrected chi connectivity index (χ0v) is 12.4. The van der Waals surface area contributed by atoms with Crippen molar-refractivity contribution in [2.75, 3.05) is 6.54 Å². The van der Waals surface area contributed by atoms with Crippen molar-refractivity contribution in [2.45, 2.75) is 12.8 Å². The third-order valence-electron chi connectivity index (χ3n) is 2.78. The number of nitrogens with two attached hydrogens (primary N) is 1. The Morgan fingerprint density at radius 2 is 2.05 bits per heavy atom. The minimum Gasteiger partial charge on any atom is -0.370 e. The van der Waals surface area contributed by atoms with E-state index in [0.29, 0.717) is 18.0 Å². The summed E-state index contributed by atoms with van der Waals surface area (Å²) in [5, 5.41) is -0.0957. The summed E-state index contributed by atoms with van der Waals surface area (Å²) in [5.74, 6) is -0.365. The third-order valence-corrected chi connectivity index (χ3v) is 4.27. The molecule has 6 heteroatoms. The normalized spacial score (nSPS) is 17.0. The minimum absolute atomic E-state index is 0.0957. The molecule has 2 N–H and O–H groups in total. The minimum atomic E-state index is -0.365. The molecule has 2 amide bonds. The predicted molar refractivity (Wildman–Crippen MR) is 85.1 cm³/mol. The number of carbonyl (C=O) groups excluding carboxylic acids is 2. The first-order valence-electron chi connectivity index (χ1n) is 6.16. The van der Waals surface area contributed by atoms with Gasteiger partial charge in [0.25, 0.3) is 5.24 Å². The van der Waals surface area contributed by atoms with E-state index in [4.69, 9.17) is 18.0 Å². The van der Waals surface area contributed by atoms with Crippen molar-refractivity contribution in [1.29, 1.82) is 0 Å². The average molecular weight is 306 g/mol. The highest BCUT2D eigenvalue weighted by molar-refractivity contribution is 8.19. The number of nitrogens with zero attached hydrogens (tertiary/aromatic N) is 1. The molecule has 1 saturated heterocycles. The van der Waals surface area contributed by atoms with Crippen LogP contribution in [-0.2, 0) is 4.79 Å². The van der Waals surface area contributed by atoms with E-state index in [1.54, 1.807) is 0 Å². The second-order valence-corrected chi connectivity index (χ2v) is 5.69. The summed E-state index contributed by atoms with van der Waals surface area (Å²) < 4.78 is 0. The van der Waals surface area contributed by atoms with E-state index >= 15 is 0 Å². The number of hydrogen-bond donors (Lipinski definition) is 1. The SMILES string of the molecule is NC(=O)CCCN1C(=O)S/C(=C\c2ccccc2)C1=S. The van der Waals surface area contributed by atoms with Gasteiger partial charge in [-0.3, -0.25) is 14.5 Å². The van der Waals surface area contributed by atoms with Crippen molar-refractivity contribution in [3.8, 4) is 0 Å². The maximum atomic E-state index is 11.9. The van der Waals surface area contributed by atoms with E-state index in [2.05, 4.69) is 0 Å². The first kappa shape index (κ1) is 14.7. The zero-order chi connectivity index (χ0) is 14.5. The number of rotatable bonds is 5. The van der Waals surface area contributed by atoms with E-state index < -0.39 is 0 Å². The summed E-state index contributed by atoms with van der Waals surface area (Å²) in [6.07, 6.45) is 2.69. The number of carbonyl (C=O) groups is 2. The van der Waals surface area contributed by atoms with Crippen LogP contribution in [0.15, 0.2) is 35.2 Å². The maximum absolute atomic E-state index is 11.9. The predicted octanol–water partition coefficient (Wildman–Crippen LogP) is 2.79. The Bertz CT molecular complexity index is 570. The van der Waals surface area contributed by atoms with Gasteiger partial charge in [-0.25, -0.2) is 0 Å². The van der Waals surface area contributed by atoms with E-state index in [1.807, 2.05) is 36.4 Å². The van der Waals surface area contributed by atoms with Crippen LogP contribution in [0, 0.1) is 0 Å². The molecule has 0 spiro atoms. The maximum Gasteiger partial charge on any atom is 0.291 e. The fraction of sp³-hybridized carbons (Fsp3) is 0.214. The molecule has 4 nitrogen and oxygen atoms in total. The van der Waals surface area contributed by atoms with Crippen molar-refractivity contribution in [2.24, 2.45) is 5.73 Å². The molecule has 0 aliphatic carbocycles. The molecule has 0 aromatic heterocycles. The molecule has 1 fully saturated rings. The molecule has 0 radical (unpaired) electrons. The van der Waals surface area contributed by atoms with E-state index in [0.717, 1.165) is 22.2 Å². The monoisotopic (exact) mass is 306 g/mol. The lowest BCUT2D eigenvalue weighted by atomic mass is 10.2. The fourth-order valence-corrected chi connectivity index (χ4v) is 3.09. The van der Waals surface area contributed by atoms with Crippen LogP contribution in [0.1, 0.15) is 18.4 Å². The number of primary amides is 1. The highest BCUT2D eigenvalue weighted by Gasteiger charge is 2.31. The second kappa shape index (κ2) is 6.67. The molecule has 1 heterocycles. The molecule has 0 unspecified atom stereocenters. The summed E-state index contributed by atoms with van der Waals surface area (Å²) in [6, 6.07) is 9.71. The molecule has 1 aliphatic rings. The Morgan fingerprint density at radius 3 is 2.70 bits per heavy atom. The Morgan fingerprint density at radius 1 is 1.35 bits per heavy atom. The van der Waals surface area contributed by atoms with Crippen LogP contribution in [0.3, 0.4) is 0 Å². The smallest absolute Gasteiger partial charge is 0.291 e. The van der Waals surface area contributed by atoms with Gasteiger partial charge in [0.05, 0.1) is 4.91 Å². The largest absolute Gasteiger partial charge is 0.370 e. The summed E-state index contributed by atoms with van der Waals surface area (Å²) in [7, 11) is 0. The highest BCUT2D eigenvalue weighted by Crippen LogP contribution is 2.33. The molecule has 0 atom stereocenters. The Balaban J connectivity index is 2.05. The first-order chi connectivity index (χ1) is 9.58. The molecule has 1 aromatic rings. The average Bonchev–Trinajstić information content (AvgIpc) is 2.67. The lowest BCUT2D eigenvalue weighted by Crippen LogP contribution is -2.28. The number of amides is 2. The van der Waals surface area contributed by atoms with Gasteiger partial charge in [0.1, 0.15) is 4.99 Å². The van der Waals surface area contributed by atoms with Crippen LogP contribution < -0.4 is 5.73 Å². The highest BCUT2D eigenvalue weighted by atomic mass is 32.2. The van der Waals surface area contributed by atoms with E-state index in [9.17, 15) is 9.59 Å². The summed E-state index contributed by atoms with van der Waals surface area (Å²) in [4.78, 5) is 25.4. The molecule has 1 aromatic carbocycles. The number of hydrogen-bond acceptors (Lipinski definition) is 4. The molecule has 104 valence electrons. The quantitative estimate of drug-likeness (QED) is 0.671. The van der Waals surface area contributed by atoms with E-state index in [1.165, 1.54) is 4.90 Å². The summed E-state index contributed by atoms with van der Waals surface area (Å²) in [5.41, 5.74) is 6.09. The van der Waals surface area contributed by atoms with Crippen LogP contribution in [0.25, 0.3) is 6.08 Å². The Labute approximate surface area is 127 Å². The van der Waals surface area contributed by atoms with Crippen LogP contribution >= 0.6 is 24.0 Å². The first-order valence-corrected chi connectivity index (χ1v) is 7.39. The Kier molecular flexibility index (Phi) is 4.92. The third kappa shape index (κ3) is 3.68. The van der Waals surface area contributed by atoms with Gasteiger partial charge in [-0.15, -0.1) is 0 Å². The molecular weight excluding hydrogens is 292 g/mol. The van der Waals surface area contributed by atoms with Gasteiger partial charge < -0.3 is 5.73 Å². The van der Waals surface area contributed by atoms with Crippen LogP contribution in [0.5, 0.6) is 0 Å². The van der Waals surface area contributed by atoms with Crippen molar-refractivity contribution < 1.29 is 9.59 Å². The van der Waals surface area contributed by atoms with Crippen molar-refractivity contribution in [1.82, 2.24) is 4.90 Å². The summed E-state index contributed by atoms with van der Waals surface area (Å²) >= 11 is 6.44. The molecular formula is C14H14N2O2S2. The van der Waals surface area contributed by atoms with Gasteiger partial charge in [-0.1, -0.05) is 42.5 Å². The van der Waals surface area contributed by atoms with Crippen LogP contribution in [0.2, 0.25) is 0 Å². The molecule has 0 bridgehead atoms. The second-order valence-electron chi connectivity index (χ2n) is 4.31. The van der Waals surface area contributed by atoms with Gasteiger partial charge in [-0.05, 0) is 29.8 Å². The molecule has 0 saturated carbocycles. The standard InChI is InChI=1S/C14H14N2O2S2/c15-12(17)7-4-8-16-13(19)11(20-14(16)18)9-10-5-2-1-3-6-10/h1-3,5-6,9H,4,7-8H2,(H2,15,17)/b11-9-. The lowest BCUT2D eigenvalue weighted by Gasteiger charge is -2.13. The number of thioether (sulfide) groups is 1. The number of thiocarbonyl (C=S) groups is 1. The van der Waals surface area contributed by atoms with Crippen LogP contribution in [-0.4, -0.2) is 27.6 Å². The fourth-order valence-electron chi connectivity index (χ4n) is 1.80. The zero-order valence-electron chi connectivity index (χ0n) is 10.7. The van der Waals surface area contributed by atoms with Gasteiger partial charge >= 0.3 is 0 Å². The summed E-state index contributed by atoms with van der Waals surface area (Å²) in [6.45, 7) is 0.430. The van der Waals surface area contributed by atoms with Crippen LogP contribution in [0.4, 0.5) is 4.79 Å². The lowest BCUT2D eigenvalue weighted by molar-refractivity contribution is -0.118. The van der Waals surface area contributed by atoms with Crippen molar-refractivity contribution in [3.63, 3.8) is 0 Å². The topological polar surface area (TPSA) is 63.4 Å².